The van der Waals surface area contributed by atoms with Crippen molar-refractivity contribution < 1.29 is 3.73 Å². The Morgan fingerprint density at radius 3 is 2.64 bits per heavy atom. The van der Waals surface area contributed by atoms with Gasteiger partial charge in [0.05, 0.1) is 0 Å². The number of hydrogen-bond donors (Lipinski definition) is 0. The molecule has 1 aromatic carbocycles. The fraction of sp³-hybridized carbons (Fsp3) is 0.333. The van der Waals surface area contributed by atoms with Gasteiger partial charge in [0.2, 0.25) is 0 Å². The zero-order valence-corrected chi connectivity index (χ0v) is 8.81. The van der Waals surface area contributed by atoms with Gasteiger partial charge in [-0.3, -0.25) is 0 Å². The van der Waals surface area contributed by atoms with Crippen LogP contribution in [0.25, 0.3) is 0 Å². The Kier molecular flexibility index (Phi) is 4.33. The van der Waals surface area contributed by atoms with Crippen molar-refractivity contribution in [3.05, 3.63) is 35.9 Å². The van der Waals surface area contributed by atoms with Gasteiger partial charge in [-0.2, -0.15) is 0 Å². The van der Waals surface area contributed by atoms with Gasteiger partial charge < -0.3 is 0 Å². The summed E-state index contributed by atoms with van der Waals surface area (Å²) in [6.45, 7) is 0. The molecule has 0 aliphatic rings. The van der Waals surface area contributed by atoms with Crippen LogP contribution >= 0.6 is 0 Å². The van der Waals surface area contributed by atoms with Crippen LogP contribution in [0.2, 0.25) is 5.21 Å². The van der Waals surface area contributed by atoms with Crippen LogP contribution in [0.15, 0.2) is 30.3 Å². The molecule has 0 radical (unpaired) electrons. The molecule has 0 aliphatic carbocycles. The molecule has 1 aromatic rings. The molecule has 0 spiro atoms. The van der Waals surface area contributed by atoms with Gasteiger partial charge in [-0.25, -0.2) is 0 Å². The normalized spacial score (nSPS) is 11.0. The van der Waals surface area contributed by atoms with E-state index in [4.69, 9.17) is 3.73 Å². The molecule has 0 amide bonds. The van der Waals surface area contributed by atoms with Crippen LogP contribution in [0.3, 0.4) is 0 Å². The van der Waals surface area contributed by atoms with Crippen LogP contribution in [0.5, 0.6) is 0 Å². The Bertz CT molecular complexity index is 186. The molecule has 0 aromatic heterocycles. The van der Waals surface area contributed by atoms with Gasteiger partial charge in [0.15, 0.2) is 0 Å². The summed E-state index contributed by atoms with van der Waals surface area (Å²) in [5.41, 5.74) is 1.42. The SMILES string of the molecule is CO[AsH]CCc1ccccc1. The number of hydrogen-bond acceptors (Lipinski definition) is 1. The van der Waals surface area contributed by atoms with Crippen molar-refractivity contribution in [1.82, 2.24) is 0 Å². The predicted octanol–water partition coefficient (Wildman–Crippen LogP) is 1.65. The molecule has 0 N–H and O–H groups in total. The molecular formula is C9H13AsO. The van der Waals surface area contributed by atoms with Gasteiger partial charge in [-0.15, -0.1) is 0 Å². The van der Waals surface area contributed by atoms with E-state index in [9.17, 15) is 0 Å². The first-order valence-corrected chi connectivity index (χ1v) is 6.07. The van der Waals surface area contributed by atoms with E-state index in [0.29, 0.717) is 0 Å². The summed E-state index contributed by atoms with van der Waals surface area (Å²) in [4.78, 5) is 0. The van der Waals surface area contributed by atoms with Crippen molar-refractivity contribution in [1.29, 1.82) is 0 Å². The molecule has 1 rings (SSSR count). The second-order valence-corrected chi connectivity index (χ2v) is 4.85. The minimum atomic E-state index is -0.114. The average Bonchev–Trinajstić information content (AvgIpc) is 2.07. The molecule has 1 nitrogen and oxygen atoms in total. The zero-order valence-electron chi connectivity index (χ0n) is 6.71. The molecule has 0 fully saturated rings. The molecule has 2 heteroatoms. The first-order chi connectivity index (χ1) is 5.43. The molecule has 1 unspecified atom stereocenters. The van der Waals surface area contributed by atoms with Crippen LogP contribution < -0.4 is 0 Å². The van der Waals surface area contributed by atoms with Crippen molar-refractivity contribution >= 4 is 16.1 Å². The molecule has 60 valence electrons. The molecule has 0 saturated heterocycles. The van der Waals surface area contributed by atoms with Crippen LogP contribution in [0.4, 0.5) is 0 Å². The minimum absolute atomic E-state index is 0.114. The van der Waals surface area contributed by atoms with Crippen molar-refractivity contribution in [3.63, 3.8) is 0 Å². The maximum absolute atomic E-state index is 5.09. The molecule has 0 aliphatic heterocycles. The molecule has 0 heterocycles. The van der Waals surface area contributed by atoms with Crippen molar-refractivity contribution in [2.24, 2.45) is 0 Å². The van der Waals surface area contributed by atoms with E-state index < -0.39 is 0 Å². The Labute approximate surface area is 74.8 Å². The van der Waals surface area contributed by atoms with Crippen molar-refractivity contribution in [3.8, 4) is 0 Å². The zero-order chi connectivity index (χ0) is 7.94. The van der Waals surface area contributed by atoms with E-state index >= 15 is 0 Å². The number of rotatable bonds is 4. The van der Waals surface area contributed by atoms with Crippen LogP contribution in [0.1, 0.15) is 5.56 Å². The Hall–Kier alpha value is -0.262. The van der Waals surface area contributed by atoms with E-state index in [-0.39, 0.29) is 16.1 Å². The molecule has 11 heavy (non-hydrogen) atoms. The topological polar surface area (TPSA) is 9.23 Å². The molecule has 0 bridgehead atoms. The summed E-state index contributed by atoms with van der Waals surface area (Å²) >= 11 is -0.114. The summed E-state index contributed by atoms with van der Waals surface area (Å²) in [6.07, 6.45) is 1.18. The first-order valence-electron chi connectivity index (χ1n) is 3.73. The van der Waals surface area contributed by atoms with E-state index in [1.54, 1.807) is 7.11 Å². The summed E-state index contributed by atoms with van der Waals surface area (Å²) in [6, 6.07) is 10.6. The van der Waals surface area contributed by atoms with Crippen molar-refractivity contribution in [2.45, 2.75) is 11.6 Å². The summed E-state index contributed by atoms with van der Waals surface area (Å²) in [7, 11) is 1.80. The third kappa shape index (κ3) is 3.59. The third-order valence-electron chi connectivity index (χ3n) is 1.50. The van der Waals surface area contributed by atoms with Crippen LogP contribution in [-0.4, -0.2) is 23.2 Å². The van der Waals surface area contributed by atoms with E-state index in [1.165, 1.54) is 17.2 Å². The monoisotopic (exact) mass is 212 g/mol. The van der Waals surface area contributed by atoms with Crippen LogP contribution in [0, 0.1) is 0 Å². The Morgan fingerprint density at radius 2 is 2.00 bits per heavy atom. The van der Waals surface area contributed by atoms with Crippen molar-refractivity contribution in [2.75, 3.05) is 7.11 Å². The maximum atomic E-state index is 5.09. The quantitative estimate of drug-likeness (QED) is 0.544. The van der Waals surface area contributed by atoms with Gasteiger partial charge in [0, 0.05) is 0 Å². The summed E-state index contributed by atoms with van der Waals surface area (Å²) in [5, 5.41) is 1.24. The number of aryl methyl sites for hydroxylation is 1. The second kappa shape index (κ2) is 5.40. The van der Waals surface area contributed by atoms with Gasteiger partial charge >= 0.3 is 74.5 Å². The summed E-state index contributed by atoms with van der Waals surface area (Å²) in [5.74, 6) is 0. The molecule has 1 atom stereocenters. The molecule has 0 saturated carbocycles. The van der Waals surface area contributed by atoms with Crippen LogP contribution in [-0.2, 0) is 10.1 Å². The van der Waals surface area contributed by atoms with E-state index in [1.807, 2.05) is 0 Å². The fourth-order valence-electron chi connectivity index (χ4n) is 0.942. The Balaban J connectivity index is 2.28. The van der Waals surface area contributed by atoms with E-state index in [2.05, 4.69) is 30.3 Å². The number of benzene rings is 1. The van der Waals surface area contributed by atoms with E-state index in [0.717, 1.165) is 0 Å². The summed E-state index contributed by atoms with van der Waals surface area (Å²) < 4.78 is 5.09. The van der Waals surface area contributed by atoms with Gasteiger partial charge in [0.25, 0.3) is 0 Å². The average molecular weight is 212 g/mol. The Morgan fingerprint density at radius 1 is 1.27 bits per heavy atom. The third-order valence-corrected chi connectivity index (χ3v) is 3.06. The predicted molar refractivity (Wildman–Crippen MR) is 49.1 cm³/mol. The van der Waals surface area contributed by atoms with Gasteiger partial charge in [0.1, 0.15) is 0 Å². The molecular weight excluding hydrogens is 199 g/mol. The van der Waals surface area contributed by atoms with Gasteiger partial charge in [-0.1, -0.05) is 0 Å². The standard InChI is InChI=1S/C9H13AsO/c1-11-10-8-7-9-5-3-2-4-6-9/h2-6,10H,7-8H2,1H3. The first kappa shape index (κ1) is 8.83. The second-order valence-electron chi connectivity index (χ2n) is 2.33. The fourth-order valence-corrected chi connectivity index (χ4v) is 2.19. The van der Waals surface area contributed by atoms with Gasteiger partial charge in [-0.05, 0) is 0 Å².